The number of carboxylic acids is 1. The summed E-state index contributed by atoms with van der Waals surface area (Å²) in [6.45, 7) is 13.7. The van der Waals surface area contributed by atoms with Gasteiger partial charge in [-0.3, -0.25) is 4.79 Å². The van der Waals surface area contributed by atoms with E-state index in [1.54, 1.807) is 10.8 Å². The Labute approximate surface area is 103 Å². The van der Waals surface area contributed by atoms with Crippen molar-refractivity contribution < 1.29 is 9.90 Å². The van der Waals surface area contributed by atoms with Gasteiger partial charge in [0.1, 0.15) is 5.82 Å². The van der Waals surface area contributed by atoms with E-state index in [-0.39, 0.29) is 6.42 Å². The lowest BCUT2D eigenvalue weighted by Gasteiger charge is -1.91. The maximum Gasteiger partial charge on any atom is 0.309 e. The lowest BCUT2D eigenvalue weighted by Crippen LogP contribution is -1.99. The zero-order chi connectivity index (χ0) is 13.8. The van der Waals surface area contributed by atoms with E-state index in [1.165, 1.54) is 0 Å². The molecule has 17 heavy (non-hydrogen) atoms. The molecule has 0 aliphatic rings. The second-order valence-corrected chi connectivity index (χ2v) is 2.74. The molecule has 4 heteroatoms. The van der Waals surface area contributed by atoms with Crippen LogP contribution in [0.5, 0.6) is 0 Å². The van der Waals surface area contributed by atoms with Gasteiger partial charge >= 0.3 is 5.97 Å². The molecule has 0 aromatic carbocycles. The summed E-state index contributed by atoms with van der Waals surface area (Å²) in [5.74, 6) is -0.0560. The number of allylic oxidation sites excluding steroid dienone is 1. The topological polar surface area (TPSA) is 55.1 Å². The molecule has 1 heterocycles. The number of imidazole rings is 1. The number of hydrogen-bond donors (Lipinski definition) is 1. The van der Waals surface area contributed by atoms with Gasteiger partial charge in [0.05, 0.1) is 12.1 Å². The van der Waals surface area contributed by atoms with Crippen LogP contribution in [0.3, 0.4) is 0 Å². The summed E-state index contributed by atoms with van der Waals surface area (Å²) in [5, 5.41) is 8.53. The van der Waals surface area contributed by atoms with Crippen LogP contribution in [0.1, 0.15) is 32.3 Å². The molecule has 0 radical (unpaired) electrons. The Morgan fingerprint density at radius 2 is 2.06 bits per heavy atom. The number of hydrogen-bond acceptors (Lipinski definition) is 2. The molecule has 0 spiro atoms. The van der Waals surface area contributed by atoms with Crippen LogP contribution in [0.15, 0.2) is 25.4 Å². The fourth-order valence-electron chi connectivity index (χ4n) is 1.10. The smallest absolute Gasteiger partial charge is 0.309 e. The van der Waals surface area contributed by atoms with Gasteiger partial charge < -0.3 is 9.67 Å². The van der Waals surface area contributed by atoms with E-state index >= 15 is 0 Å². The lowest BCUT2D eigenvalue weighted by atomic mass is 10.3. The molecule has 96 valence electrons. The first-order chi connectivity index (χ1) is 8.13. The van der Waals surface area contributed by atoms with Crippen molar-refractivity contribution >= 4 is 12.2 Å². The van der Waals surface area contributed by atoms with Crippen molar-refractivity contribution in [1.82, 2.24) is 9.55 Å². The third-order valence-electron chi connectivity index (χ3n) is 1.61. The minimum Gasteiger partial charge on any atom is -0.481 e. The molecule has 1 aromatic rings. The maximum absolute atomic E-state index is 10.4. The SMILES string of the molecule is C/C=C\n1cc(CC(=O)O)nc1C.C=C.CC. The summed E-state index contributed by atoms with van der Waals surface area (Å²) in [5.41, 5.74) is 0.586. The third-order valence-corrected chi connectivity index (χ3v) is 1.61. The van der Waals surface area contributed by atoms with Gasteiger partial charge in [-0.15, -0.1) is 13.2 Å². The van der Waals surface area contributed by atoms with Gasteiger partial charge in [-0.25, -0.2) is 4.98 Å². The molecule has 4 nitrogen and oxygen atoms in total. The highest BCUT2D eigenvalue weighted by Crippen LogP contribution is 2.03. The van der Waals surface area contributed by atoms with Crippen LogP contribution in [0, 0.1) is 6.92 Å². The molecule has 0 saturated carbocycles. The van der Waals surface area contributed by atoms with Crippen molar-refractivity contribution in [3.63, 3.8) is 0 Å². The van der Waals surface area contributed by atoms with Crippen molar-refractivity contribution in [1.29, 1.82) is 0 Å². The average molecular weight is 238 g/mol. The van der Waals surface area contributed by atoms with Crippen LogP contribution in [0.2, 0.25) is 0 Å². The van der Waals surface area contributed by atoms with Gasteiger partial charge in [0.2, 0.25) is 0 Å². The number of aromatic nitrogens is 2. The summed E-state index contributed by atoms with van der Waals surface area (Å²) >= 11 is 0. The first kappa shape index (κ1) is 17.6. The summed E-state index contributed by atoms with van der Waals surface area (Å²) in [7, 11) is 0. The summed E-state index contributed by atoms with van der Waals surface area (Å²) in [4.78, 5) is 14.5. The van der Waals surface area contributed by atoms with E-state index in [1.807, 2.05) is 40.0 Å². The Morgan fingerprint density at radius 1 is 1.53 bits per heavy atom. The Bertz CT molecular complexity index is 354. The van der Waals surface area contributed by atoms with Crippen molar-refractivity contribution in [2.24, 2.45) is 0 Å². The summed E-state index contributed by atoms with van der Waals surface area (Å²) in [6, 6.07) is 0. The van der Waals surface area contributed by atoms with Crippen LogP contribution in [-0.2, 0) is 11.2 Å². The van der Waals surface area contributed by atoms with Gasteiger partial charge in [-0.05, 0) is 13.8 Å². The second kappa shape index (κ2) is 10.7. The van der Waals surface area contributed by atoms with Crippen molar-refractivity contribution in [3.05, 3.63) is 36.9 Å². The zero-order valence-corrected chi connectivity index (χ0v) is 11.1. The number of carboxylic acid groups (broad SMARTS) is 1. The Hall–Kier alpha value is -1.84. The van der Waals surface area contributed by atoms with Gasteiger partial charge in [0, 0.05) is 12.4 Å². The monoisotopic (exact) mass is 238 g/mol. The van der Waals surface area contributed by atoms with Crippen molar-refractivity contribution in [2.75, 3.05) is 0 Å². The molecular formula is C13H22N2O2. The predicted octanol–water partition coefficient (Wildman–Crippen LogP) is 3.14. The largest absolute Gasteiger partial charge is 0.481 e. The number of carbonyl (C=O) groups is 1. The van der Waals surface area contributed by atoms with E-state index in [4.69, 9.17) is 5.11 Å². The second-order valence-electron chi connectivity index (χ2n) is 2.74. The lowest BCUT2D eigenvalue weighted by molar-refractivity contribution is -0.136. The van der Waals surface area contributed by atoms with Gasteiger partial charge in [0.15, 0.2) is 0 Å². The van der Waals surface area contributed by atoms with Crippen LogP contribution < -0.4 is 0 Å². The highest BCUT2D eigenvalue weighted by molar-refractivity contribution is 5.69. The van der Waals surface area contributed by atoms with E-state index in [9.17, 15) is 4.79 Å². The maximum atomic E-state index is 10.4. The van der Waals surface area contributed by atoms with Crippen LogP contribution in [-0.4, -0.2) is 20.6 Å². The third kappa shape index (κ3) is 7.11. The molecule has 0 amide bonds. The molecule has 0 aliphatic heterocycles. The molecular weight excluding hydrogens is 216 g/mol. The van der Waals surface area contributed by atoms with Gasteiger partial charge in [0.25, 0.3) is 0 Å². The molecule has 1 rings (SSSR count). The average Bonchev–Trinajstić information content (AvgIpc) is 2.64. The van der Waals surface area contributed by atoms with E-state index in [0.717, 1.165) is 5.82 Å². The number of rotatable bonds is 3. The Kier molecular flexibility index (Phi) is 11.0. The molecule has 0 bridgehead atoms. The minimum absolute atomic E-state index is 0.0224. The summed E-state index contributed by atoms with van der Waals surface area (Å²) in [6.07, 6.45) is 5.42. The standard InChI is InChI=1S/C9H12N2O2.C2H6.C2H4/c1-3-4-11-6-8(5-9(12)13)10-7(11)2;2*1-2/h3-4,6H,5H2,1-2H3,(H,12,13);1-2H3;1-2H2/b4-3-;;. The molecule has 1 N–H and O–H groups in total. The summed E-state index contributed by atoms with van der Waals surface area (Å²) < 4.78 is 1.80. The fraction of sp³-hybridized carbons (Fsp3) is 0.385. The van der Waals surface area contributed by atoms with E-state index in [0.29, 0.717) is 5.69 Å². The minimum atomic E-state index is -0.856. The highest BCUT2D eigenvalue weighted by Gasteiger charge is 2.05. The highest BCUT2D eigenvalue weighted by atomic mass is 16.4. The number of nitrogens with zero attached hydrogens (tertiary/aromatic N) is 2. The normalized spacial score (nSPS) is 8.94. The van der Waals surface area contributed by atoms with Crippen molar-refractivity contribution in [3.8, 4) is 0 Å². The first-order valence-electron chi connectivity index (χ1n) is 5.52. The molecule has 0 atom stereocenters. The van der Waals surface area contributed by atoms with Crippen molar-refractivity contribution in [2.45, 2.75) is 34.1 Å². The number of aliphatic carboxylic acids is 1. The van der Waals surface area contributed by atoms with E-state index in [2.05, 4.69) is 18.1 Å². The predicted molar refractivity (Wildman–Crippen MR) is 71.9 cm³/mol. The molecule has 1 aromatic heterocycles. The van der Waals surface area contributed by atoms with Gasteiger partial charge in [-0.1, -0.05) is 19.9 Å². The first-order valence-corrected chi connectivity index (χ1v) is 5.52. The van der Waals surface area contributed by atoms with Crippen LogP contribution in [0.25, 0.3) is 6.20 Å². The molecule has 0 fully saturated rings. The quantitative estimate of drug-likeness (QED) is 0.823. The Morgan fingerprint density at radius 3 is 2.47 bits per heavy atom. The van der Waals surface area contributed by atoms with Crippen LogP contribution >= 0.6 is 0 Å². The molecule has 0 unspecified atom stereocenters. The van der Waals surface area contributed by atoms with Gasteiger partial charge in [-0.2, -0.15) is 0 Å². The Balaban J connectivity index is 0. The zero-order valence-electron chi connectivity index (χ0n) is 11.1. The fourth-order valence-corrected chi connectivity index (χ4v) is 1.10. The van der Waals surface area contributed by atoms with E-state index < -0.39 is 5.97 Å². The molecule has 0 aliphatic carbocycles. The van der Waals surface area contributed by atoms with Crippen LogP contribution in [0.4, 0.5) is 0 Å². The number of aryl methyl sites for hydroxylation is 1. The molecule has 0 saturated heterocycles.